The van der Waals surface area contributed by atoms with E-state index in [0.29, 0.717) is 35.0 Å². The minimum Gasteiger partial charge on any atom is -0.497 e. The van der Waals surface area contributed by atoms with E-state index in [1.165, 1.54) is 53.4 Å². The molecule has 1 aromatic carbocycles. The predicted octanol–water partition coefficient (Wildman–Crippen LogP) is 4.34. The Morgan fingerprint density at radius 3 is 2.27 bits per heavy atom. The van der Waals surface area contributed by atoms with Crippen LogP contribution in [0.5, 0.6) is 11.5 Å². The van der Waals surface area contributed by atoms with Crippen molar-refractivity contribution in [3.05, 3.63) is 34.6 Å². The van der Waals surface area contributed by atoms with Crippen molar-refractivity contribution in [2.75, 3.05) is 21.3 Å². The first-order chi connectivity index (χ1) is 12.6. The van der Waals surface area contributed by atoms with Crippen LogP contribution in [0.3, 0.4) is 0 Å². The average Bonchev–Trinajstić information content (AvgIpc) is 2.69. The Labute approximate surface area is 154 Å². The van der Waals surface area contributed by atoms with E-state index in [-0.39, 0.29) is 22.9 Å². The zero-order valence-corrected chi connectivity index (χ0v) is 15.7. The Kier molecular flexibility index (Phi) is 5.64. The molecule has 2 aliphatic carbocycles. The lowest BCUT2D eigenvalue weighted by molar-refractivity contribution is 0.0899. The number of carbonyl (C=O) groups is 2. The highest BCUT2D eigenvalue weighted by Crippen LogP contribution is 2.38. The normalized spacial score (nSPS) is 18.0. The van der Waals surface area contributed by atoms with Gasteiger partial charge < -0.3 is 14.2 Å². The molecule has 1 fully saturated rings. The van der Waals surface area contributed by atoms with Crippen LogP contribution in [-0.4, -0.2) is 32.9 Å². The van der Waals surface area contributed by atoms with E-state index in [1.807, 2.05) is 0 Å². The summed E-state index contributed by atoms with van der Waals surface area (Å²) in [7, 11) is 4.45. The molecular weight excluding hydrogens is 332 g/mol. The second-order valence-corrected chi connectivity index (χ2v) is 6.96. The number of hydrogen-bond donors (Lipinski definition) is 0. The number of benzene rings is 1. The molecule has 5 heteroatoms. The standard InChI is InChI=1S/C21H26O5/c1-24-14-11-16-18(17(12-14)25-2)19(22)15(21(26-3)20(16)23)10-9-13-7-5-4-6-8-13/h11-13H,4-10H2,1-3H3. The molecule has 0 aliphatic heterocycles. The highest BCUT2D eigenvalue weighted by Gasteiger charge is 2.36. The fourth-order valence-corrected chi connectivity index (χ4v) is 4.06. The number of ether oxygens (including phenoxy) is 3. The van der Waals surface area contributed by atoms with Gasteiger partial charge in [-0.05, 0) is 24.8 Å². The van der Waals surface area contributed by atoms with Crippen molar-refractivity contribution in [3.8, 4) is 11.5 Å². The van der Waals surface area contributed by atoms with Gasteiger partial charge >= 0.3 is 0 Å². The molecule has 1 aromatic rings. The molecule has 0 spiro atoms. The maximum absolute atomic E-state index is 13.2. The lowest BCUT2D eigenvalue weighted by Gasteiger charge is -2.25. The van der Waals surface area contributed by atoms with Crippen LogP contribution in [0.15, 0.2) is 23.5 Å². The quantitative estimate of drug-likeness (QED) is 0.757. The number of methoxy groups -OCH3 is 3. The summed E-state index contributed by atoms with van der Waals surface area (Å²) in [4.78, 5) is 26.1. The predicted molar refractivity (Wildman–Crippen MR) is 98.1 cm³/mol. The molecule has 3 rings (SSSR count). The molecule has 0 N–H and O–H groups in total. The summed E-state index contributed by atoms with van der Waals surface area (Å²) >= 11 is 0. The van der Waals surface area contributed by atoms with Gasteiger partial charge in [0.15, 0.2) is 11.5 Å². The van der Waals surface area contributed by atoms with Crippen LogP contribution in [0.25, 0.3) is 0 Å². The van der Waals surface area contributed by atoms with Gasteiger partial charge in [-0.3, -0.25) is 9.59 Å². The molecule has 0 amide bonds. The number of hydrogen-bond acceptors (Lipinski definition) is 5. The molecule has 0 radical (unpaired) electrons. The molecule has 0 bridgehead atoms. The molecule has 0 unspecified atom stereocenters. The molecule has 0 atom stereocenters. The van der Waals surface area contributed by atoms with Crippen LogP contribution in [0.4, 0.5) is 0 Å². The first-order valence-electron chi connectivity index (χ1n) is 9.23. The Hall–Kier alpha value is -2.30. The first-order valence-corrected chi connectivity index (χ1v) is 9.23. The third-order valence-electron chi connectivity index (χ3n) is 5.49. The number of allylic oxidation sites excluding steroid dienone is 2. The van der Waals surface area contributed by atoms with Gasteiger partial charge in [0.05, 0.1) is 26.9 Å². The van der Waals surface area contributed by atoms with Gasteiger partial charge in [0.1, 0.15) is 11.5 Å². The summed E-state index contributed by atoms with van der Waals surface area (Å²) in [6.45, 7) is 0. The van der Waals surface area contributed by atoms with E-state index in [0.717, 1.165) is 6.42 Å². The summed E-state index contributed by atoms with van der Waals surface area (Å²) in [5.41, 5.74) is 1.07. The number of fused-ring (bicyclic) bond motifs is 1. The number of rotatable bonds is 6. The van der Waals surface area contributed by atoms with Crippen molar-refractivity contribution >= 4 is 11.6 Å². The third kappa shape index (κ3) is 3.35. The minimum atomic E-state index is -0.280. The molecule has 0 saturated heterocycles. The van der Waals surface area contributed by atoms with E-state index in [1.54, 1.807) is 12.1 Å². The van der Waals surface area contributed by atoms with Gasteiger partial charge in [-0.2, -0.15) is 0 Å². The van der Waals surface area contributed by atoms with Gasteiger partial charge in [-0.1, -0.05) is 32.1 Å². The molecule has 0 heterocycles. The highest BCUT2D eigenvalue weighted by atomic mass is 16.5. The van der Waals surface area contributed by atoms with Crippen LogP contribution in [0, 0.1) is 5.92 Å². The van der Waals surface area contributed by atoms with Crippen molar-refractivity contribution < 1.29 is 23.8 Å². The first kappa shape index (κ1) is 18.5. The highest BCUT2D eigenvalue weighted by molar-refractivity contribution is 6.27. The van der Waals surface area contributed by atoms with Crippen molar-refractivity contribution in [3.63, 3.8) is 0 Å². The van der Waals surface area contributed by atoms with E-state index in [9.17, 15) is 9.59 Å². The average molecular weight is 358 g/mol. The lowest BCUT2D eigenvalue weighted by Crippen LogP contribution is -2.24. The topological polar surface area (TPSA) is 61.8 Å². The Bertz CT molecular complexity index is 741. The fourth-order valence-electron chi connectivity index (χ4n) is 4.06. The van der Waals surface area contributed by atoms with Crippen LogP contribution < -0.4 is 9.47 Å². The van der Waals surface area contributed by atoms with Crippen LogP contribution in [0.1, 0.15) is 65.7 Å². The zero-order valence-electron chi connectivity index (χ0n) is 15.7. The zero-order chi connectivity index (χ0) is 18.7. The monoisotopic (exact) mass is 358 g/mol. The molecule has 0 aromatic heterocycles. The summed E-state index contributed by atoms with van der Waals surface area (Å²) < 4.78 is 16.0. The van der Waals surface area contributed by atoms with E-state index >= 15 is 0 Å². The van der Waals surface area contributed by atoms with E-state index in [4.69, 9.17) is 14.2 Å². The second kappa shape index (κ2) is 7.94. The molecule has 1 saturated carbocycles. The van der Waals surface area contributed by atoms with Crippen molar-refractivity contribution in [2.24, 2.45) is 5.92 Å². The molecular formula is C21H26O5. The van der Waals surface area contributed by atoms with Gasteiger partial charge in [0, 0.05) is 17.2 Å². The van der Waals surface area contributed by atoms with Crippen molar-refractivity contribution in [1.29, 1.82) is 0 Å². The molecule has 2 aliphatic rings. The minimum absolute atomic E-state index is 0.161. The Morgan fingerprint density at radius 2 is 1.65 bits per heavy atom. The SMILES string of the molecule is COC1=C(CCC2CCCCC2)C(=O)c2c(OC)cc(OC)cc2C1=O. The fraction of sp³-hybridized carbons (Fsp3) is 0.524. The number of Topliss-reactive ketones (excluding diaryl/α,β-unsaturated/α-hetero) is 2. The third-order valence-corrected chi connectivity index (χ3v) is 5.49. The summed E-state index contributed by atoms with van der Waals surface area (Å²) in [6.07, 6.45) is 7.69. The maximum Gasteiger partial charge on any atom is 0.228 e. The smallest absolute Gasteiger partial charge is 0.228 e. The van der Waals surface area contributed by atoms with Crippen LogP contribution >= 0.6 is 0 Å². The van der Waals surface area contributed by atoms with E-state index in [2.05, 4.69) is 0 Å². The second-order valence-electron chi connectivity index (χ2n) is 6.96. The summed E-state index contributed by atoms with van der Waals surface area (Å²) in [5.74, 6) is 1.17. The van der Waals surface area contributed by atoms with Gasteiger partial charge in [-0.15, -0.1) is 0 Å². The van der Waals surface area contributed by atoms with E-state index < -0.39 is 0 Å². The van der Waals surface area contributed by atoms with Gasteiger partial charge in [0.2, 0.25) is 5.78 Å². The molecule has 5 nitrogen and oxygen atoms in total. The number of carbonyl (C=O) groups excluding carboxylic acids is 2. The Morgan fingerprint density at radius 1 is 0.923 bits per heavy atom. The largest absolute Gasteiger partial charge is 0.497 e. The number of ketones is 2. The van der Waals surface area contributed by atoms with Crippen LogP contribution in [-0.2, 0) is 4.74 Å². The maximum atomic E-state index is 13.2. The Balaban J connectivity index is 1.95. The molecule has 140 valence electrons. The van der Waals surface area contributed by atoms with Crippen molar-refractivity contribution in [1.82, 2.24) is 0 Å². The lowest BCUT2D eigenvalue weighted by atomic mass is 9.81. The van der Waals surface area contributed by atoms with Crippen LogP contribution in [0.2, 0.25) is 0 Å². The van der Waals surface area contributed by atoms with Gasteiger partial charge in [0.25, 0.3) is 0 Å². The van der Waals surface area contributed by atoms with Crippen molar-refractivity contribution in [2.45, 2.75) is 44.9 Å². The molecule has 26 heavy (non-hydrogen) atoms. The van der Waals surface area contributed by atoms with Gasteiger partial charge in [-0.25, -0.2) is 0 Å². The summed E-state index contributed by atoms with van der Waals surface area (Å²) in [5, 5.41) is 0. The summed E-state index contributed by atoms with van der Waals surface area (Å²) in [6, 6.07) is 3.22.